The van der Waals surface area contributed by atoms with Crippen molar-refractivity contribution in [3.63, 3.8) is 0 Å². The predicted octanol–water partition coefficient (Wildman–Crippen LogP) is 5.36. The highest BCUT2D eigenvalue weighted by atomic mass is 32.1. The maximum Gasteiger partial charge on any atom is 0.416 e. The number of thiophene rings is 1. The summed E-state index contributed by atoms with van der Waals surface area (Å²) in [5.74, 6) is 0.313. The van der Waals surface area contributed by atoms with Gasteiger partial charge in [0, 0.05) is 23.8 Å². The quantitative estimate of drug-likeness (QED) is 0.376. The van der Waals surface area contributed by atoms with Crippen LogP contribution in [0, 0.1) is 0 Å². The summed E-state index contributed by atoms with van der Waals surface area (Å²) in [6, 6.07) is 10.1. The van der Waals surface area contributed by atoms with E-state index in [1.54, 1.807) is 29.1 Å². The van der Waals surface area contributed by atoms with Gasteiger partial charge in [-0.3, -0.25) is 9.36 Å². The molecule has 0 aliphatic heterocycles. The first kappa shape index (κ1) is 23.4. The van der Waals surface area contributed by atoms with Gasteiger partial charge in [0.15, 0.2) is 11.5 Å². The third-order valence-electron chi connectivity index (χ3n) is 5.21. The number of rotatable bonds is 7. The van der Waals surface area contributed by atoms with Gasteiger partial charge in [0.25, 0.3) is 5.91 Å². The van der Waals surface area contributed by atoms with Gasteiger partial charge >= 0.3 is 6.18 Å². The monoisotopic (exact) mass is 491 g/mol. The number of nitrogens with two attached hydrogens (primary N) is 1. The zero-order chi connectivity index (χ0) is 24.6. The number of carbonyl (C=O) groups is 1. The van der Waals surface area contributed by atoms with Crippen molar-refractivity contribution in [2.24, 2.45) is 5.73 Å². The van der Waals surface area contributed by atoms with Crippen LogP contribution in [0.15, 0.2) is 48.8 Å². The fourth-order valence-electron chi connectivity index (χ4n) is 3.62. The normalized spacial score (nSPS) is 12.5. The lowest BCUT2D eigenvalue weighted by Crippen LogP contribution is -2.15. The van der Waals surface area contributed by atoms with E-state index in [9.17, 15) is 18.0 Å². The summed E-state index contributed by atoms with van der Waals surface area (Å²) in [7, 11) is 3.02. The summed E-state index contributed by atoms with van der Waals surface area (Å²) in [5, 5.41) is 0.537. The Morgan fingerprint density at radius 2 is 1.76 bits per heavy atom. The minimum atomic E-state index is -4.55. The number of aromatic nitrogens is 2. The lowest BCUT2D eigenvalue weighted by atomic mass is 10.0. The van der Waals surface area contributed by atoms with Crippen molar-refractivity contribution in [1.82, 2.24) is 9.55 Å². The molecule has 4 rings (SSSR count). The topological polar surface area (TPSA) is 88.6 Å². The van der Waals surface area contributed by atoms with E-state index in [0.717, 1.165) is 17.4 Å². The van der Waals surface area contributed by atoms with Crippen LogP contribution in [-0.2, 0) is 6.18 Å². The Morgan fingerprint density at radius 3 is 2.41 bits per heavy atom. The lowest BCUT2D eigenvalue weighted by molar-refractivity contribution is -0.138. The Kier molecular flexibility index (Phi) is 6.13. The van der Waals surface area contributed by atoms with E-state index in [4.69, 9.17) is 19.9 Å². The van der Waals surface area contributed by atoms with Crippen molar-refractivity contribution in [1.29, 1.82) is 0 Å². The maximum absolute atomic E-state index is 13.5. The number of carbonyl (C=O) groups excluding carboxylic acids is 1. The van der Waals surface area contributed by atoms with Crippen LogP contribution < -0.4 is 19.9 Å². The molecule has 0 spiro atoms. The number of alkyl halides is 3. The number of nitrogens with zero attached hydrogens (tertiary/aromatic N) is 2. The summed E-state index contributed by atoms with van der Waals surface area (Å²) in [6.07, 6.45) is -4.00. The number of benzene rings is 2. The number of imidazole rings is 1. The number of hydrogen-bond acceptors (Lipinski definition) is 6. The number of amides is 1. The molecule has 0 aliphatic carbocycles. The molecule has 2 aromatic carbocycles. The predicted molar refractivity (Wildman–Crippen MR) is 121 cm³/mol. The summed E-state index contributed by atoms with van der Waals surface area (Å²) in [4.78, 5) is 16.5. The van der Waals surface area contributed by atoms with E-state index < -0.39 is 23.8 Å². The number of primary amides is 1. The molecule has 34 heavy (non-hydrogen) atoms. The van der Waals surface area contributed by atoms with Gasteiger partial charge in [0.05, 0.1) is 30.8 Å². The van der Waals surface area contributed by atoms with Crippen LogP contribution >= 0.6 is 11.3 Å². The van der Waals surface area contributed by atoms with Crippen molar-refractivity contribution >= 4 is 28.3 Å². The van der Waals surface area contributed by atoms with Crippen LogP contribution in [0.4, 0.5) is 13.2 Å². The molecule has 0 aliphatic rings. The Hall–Kier alpha value is -3.73. The second-order valence-corrected chi connectivity index (χ2v) is 8.33. The molecule has 2 aromatic heterocycles. The van der Waals surface area contributed by atoms with Crippen molar-refractivity contribution in [2.75, 3.05) is 14.2 Å². The largest absolute Gasteiger partial charge is 0.493 e. The van der Waals surface area contributed by atoms with Gasteiger partial charge in [-0.05, 0) is 13.0 Å². The van der Waals surface area contributed by atoms with Crippen molar-refractivity contribution < 1.29 is 32.2 Å². The van der Waals surface area contributed by atoms with Gasteiger partial charge in [-0.25, -0.2) is 4.98 Å². The Bertz CT molecular complexity index is 1360. The smallest absolute Gasteiger partial charge is 0.416 e. The highest BCUT2D eigenvalue weighted by molar-refractivity contribution is 7.16. The summed E-state index contributed by atoms with van der Waals surface area (Å²) >= 11 is 1.04. The average molecular weight is 491 g/mol. The molecule has 7 nitrogen and oxygen atoms in total. The summed E-state index contributed by atoms with van der Waals surface area (Å²) < 4.78 is 58.6. The van der Waals surface area contributed by atoms with E-state index in [1.165, 1.54) is 39.3 Å². The number of halogens is 3. The fourth-order valence-corrected chi connectivity index (χ4v) is 4.54. The van der Waals surface area contributed by atoms with Gasteiger partial charge in [0.1, 0.15) is 28.1 Å². The van der Waals surface area contributed by atoms with Gasteiger partial charge in [-0.2, -0.15) is 13.2 Å². The first-order chi connectivity index (χ1) is 16.1. The lowest BCUT2D eigenvalue weighted by Gasteiger charge is -2.19. The molecule has 1 atom stereocenters. The molecular formula is C23H20F3N3O4S. The minimum Gasteiger partial charge on any atom is -0.493 e. The Labute approximate surface area is 196 Å². The fraction of sp³-hybridized carbons (Fsp3) is 0.217. The third kappa shape index (κ3) is 4.26. The van der Waals surface area contributed by atoms with Gasteiger partial charge in [-0.1, -0.05) is 18.2 Å². The first-order valence-electron chi connectivity index (χ1n) is 10.00. The van der Waals surface area contributed by atoms with E-state index in [2.05, 4.69) is 4.98 Å². The molecule has 0 radical (unpaired) electrons. The zero-order valence-electron chi connectivity index (χ0n) is 18.3. The molecule has 0 fully saturated rings. The SMILES string of the molecule is COc1cc2ncn(-c3cc(OC(C)c4ccccc4C(F)(F)F)c(C(N)=O)s3)c2cc1OC. The van der Waals surface area contributed by atoms with E-state index in [0.29, 0.717) is 27.5 Å². The minimum absolute atomic E-state index is 0.0527. The van der Waals surface area contributed by atoms with E-state index in [-0.39, 0.29) is 16.2 Å². The van der Waals surface area contributed by atoms with Crippen molar-refractivity contribution in [3.05, 3.63) is 64.8 Å². The van der Waals surface area contributed by atoms with Crippen molar-refractivity contribution in [3.8, 4) is 22.2 Å². The first-order valence-corrected chi connectivity index (χ1v) is 10.8. The van der Waals surface area contributed by atoms with Crippen LogP contribution in [0.5, 0.6) is 17.2 Å². The zero-order valence-corrected chi connectivity index (χ0v) is 19.2. The molecule has 0 bridgehead atoms. The highest BCUT2D eigenvalue weighted by Gasteiger charge is 2.35. The molecule has 178 valence electrons. The maximum atomic E-state index is 13.5. The van der Waals surface area contributed by atoms with Crippen LogP contribution in [0.3, 0.4) is 0 Å². The second-order valence-electron chi connectivity index (χ2n) is 7.30. The molecule has 1 amide bonds. The van der Waals surface area contributed by atoms with Crippen molar-refractivity contribution in [2.45, 2.75) is 19.2 Å². The molecular weight excluding hydrogens is 471 g/mol. The molecule has 4 aromatic rings. The molecule has 2 heterocycles. The molecule has 1 unspecified atom stereocenters. The number of ether oxygens (including phenoxy) is 3. The van der Waals surface area contributed by atoms with Gasteiger partial charge in [0.2, 0.25) is 0 Å². The standard InChI is InChI=1S/C23H20F3N3O4S/c1-12(13-6-4-5-7-14(13)23(24,25)26)33-19-10-20(34-21(19)22(27)30)29-11-28-15-8-17(31-2)18(32-3)9-16(15)29/h4-12H,1-3H3,(H2,27,30). The Balaban J connectivity index is 1.75. The van der Waals surface area contributed by atoms with Crippen LogP contribution in [-0.4, -0.2) is 29.7 Å². The van der Waals surface area contributed by atoms with E-state index in [1.807, 2.05) is 0 Å². The van der Waals surface area contributed by atoms with E-state index >= 15 is 0 Å². The third-order valence-corrected chi connectivity index (χ3v) is 6.34. The highest BCUT2D eigenvalue weighted by Crippen LogP contribution is 2.40. The second kappa shape index (κ2) is 8.90. The number of hydrogen-bond donors (Lipinski definition) is 1. The molecule has 2 N–H and O–H groups in total. The Morgan fingerprint density at radius 1 is 1.09 bits per heavy atom. The van der Waals surface area contributed by atoms with Crippen LogP contribution in [0.1, 0.15) is 33.8 Å². The molecule has 11 heteroatoms. The van der Waals surface area contributed by atoms with Gasteiger partial charge < -0.3 is 19.9 Å². The summed E-state index contributed by atoms with van der Waals surface area (Å²) in [5.41, 5.74) is 5.96. The van der Waals surface area contributed by atoms with Gasteiger partial charge in [-0.15, -0.1) is 11.3 Å². The number of methoxy groups -OCH3 is 2. The number of fused-ring (bicyclic) bond motifs is 1. The van der Waals surface area contributed by atoms with Crippen LogP contribution in [0.25, 0.3) is 16.0 Å². The average Bonchev–Trinajstić information content (AvgIpc) is 3.41. The molecule has 0 saturated carbocycles. The summed E-state index contributed by atoms with van der Waals surface area (Å²) in [6.45, 7) is 1.48. The van der Waals surface area contributed by atoms with Crippen LogP contribution in [0.2, 0.25) is 0 Å². The molecule has 0 saturated heterocycles.